The number of hydrogen-bond acceptors (Lipinski definition) is 4. The highest BCUT2D eigenvalue weighted by molar-refractivity contribution is 5.86. The Balaban J connectivity index is 2.17. The van der Waals surface area contributed by atoms with E-state index in [1.54, 1.807) is 0 Å². The molecule has 1 aliphatic heterocycles. The van der Waals surface area contributed by atoms with Crippen LogP contribution < -0.4 is 16.0 Å². The van der Waals surface area contributed by atoms with Crippen LogP contribution in [-0.4, -0.2) is 48.7 Å². The molecule has 6 heteroatoms. The van der Waals surface area contributed by atoms with E-state index in [9.17, 15) is 14.7 Å². The van der Waals surface area contributed by atoms with Crippen LogP contribution in [0.5, 0.6) is 0 Å². The third-order valence-corrected chi connectivity index (χ3v) is 2.58. The monoisotopic (exact) mass is 229 g/mol. The Morgan fingerprint density at radius 1 is 1.69 bits per heavy atom. The highest BCUT2D eigenvalue weighted by Gasteiger charge is 2.23. The molecule has 0 aromatic rings. The molecule has 92 valence electrons. The SMILES string of the molecule is CCC(O)CCNC(=O)C1CNC(=O)CN1. The van der Waals surface area contributed by atoms with Gasteiger partial charge in [-0.1, -0.05) is 6.92 Å². The van der Waals surface area contributed by atoms with Crippen molar-refractivity contribution in [1.82, 2.24) is 16.0 Å². The van der Waals surface area contributed by atoms with Crippen LogP contribution in [0.4, 0.5) is 0 Å². The number of nitrogens with one attached hydrogen (secondary N) is 3. The minimum atomic E-state index is -0.364. The lowest BCUT2D eigenvalue weighted by molar-refractivity contribution is -0.126. The molecule has 2 amide bonds. The fourth-order valence-corrected chi connectivity index (χ4v) is 1.44. The van der Waals surface area contributed by atoms with Gasteiger partial charge in [0.15, 0.2) is 0 Å². The van der Waals surface area contributed by atoms with Crippen molar-refractivity contribution < 1.29 is 14.7 Å². The molecular weight excluding hydrogens is 210 g/mol. The molecule has 16 heavy (non-hydrogen) atoms. The summed E-state index contributed by atoms with van der Waals surface area (Å²) in [6.45, 7) is 2.85. The highest BCUT2D eigenvalue weighted by atomic mass is 16.3. The molecule has 6 nitrogen and oxygen atoms in total. The smallest absolute Gasteiger partial charge is 0.238 e. The molecule has 2 atom stereocenters. The zero-order valence-electron chi connectivity index (χ0n) is 9.45. The van der Waals surface area contributed by atoms with Gasteiger partial charge >= 0.3 is 0 Å². The summed E-state index contributed by atoms with van der Waals surface area (Å²) in [4.78, 5) is 22.4. The van der Waals surface area contributed by atoms with Gasteiger partial charge in [0.05, 0.1) is 12.6 Å². The summed E-state index contributed by atoms with van der Waals surface area (Å²) in [6.07, 6.45) is 0.883. The van der Waals surface area contributed by atoms with Crippen LogP contribution in [0.1, 0.15) is 19.8 Å². The summed E-state index contributed by atoms with van der Waals surface area (Å²) in [6, 6.07) is -0.364. The molecule has 0 saturated carbocycles. The van der Waals surface area contributed by atoms with E-state index >= 15 is 0 Å². The Morgan fingerprint density at radius 3 is 3.00 bits per heavy atom. The van der Waals surface area contributed by atoms with E-state index in [4.69, 9.17) is 0 Å². The van der Waals surface area contributed by atoms with E-state index in [1.165, 1.54) is 0 Å². The van der Waals surface area contributed by atoms with Crippen LogP contribution in [0.15, 0.2) is 0 Å². The van der Waals surface area contributed by atoms with Gasteiger partial charge < -0.3 is 15.7 Å². The lowest BCUT2D eigenvalue weighted by atomic mass is 10.2. The van der Waals surface area contributed by atoms with Gasteiger partial charge in [0.25, 0.3) is 0 Å². The zero-order chi connectivity index (χ0) is 12.0. The zero-order valence-corrected chi connectivity index (χ0v) is 9.45. The summed E-state index contributed by atoms with van der Waals surface area (Å²) >= 11 is 0. The molecule has 1 saturated heterocycles. The first-order valence-electron chi connectivity index (χ1n) is 5.59. The largest absolute Gasteiger partial charge is 0.393 e. The van der Waals surface area contributed by atoms with E-state index in [1.807, 2.05) is 6.92 Å². The van der Waals surface area contributed by atoms with Crippen molar-refractivity contribution in [3.63, 3.8) is 0 Å². The predicted molar refractivity (Wildman–Crippen MR) is 58.7 cm³/mol. The van der Waals surface area contributed by atoms with E-state index in [0.29, 0.717) is 25.9 Å². The second-order valence-corrected chi connectivity index (χ2v) is 3.88. The first-order chi connectivity index (χ1) is 7.63. The van der Waals surface area contributed by atoms with Crippen molar-refractivity contribution in [3.8, 4) is 0 Å². The van der Waals surface area contributed by atoms with Gasteiger partial charge in [-0.05, 0) is 12.8 Å². The van der Waals surface area contributed by atoms with Crippen molar-refractivity contribution in [2.45, 2.75) is 31.9 Å². The summed E-state index contributed by atoms with van der Waals surface area (Å²) in [5, 5.41) is 17.5. The third kappa shape index (κ3) is 4.16. The average molecular weight is 229 g/mol. The summed E-state index contributed by atoms with van der Waals surface area (Å²) in [5.74, 6) is -0.228. The molecule has 1 heterocycles. The highest BCUT2D eigenvalue weighted by Crippen LogP contribution is 1.95. The average Bonchev–Trinajstić information content (AvgIpc) is 2.29. The maximum atomic E-state index is 11.6. The molecule has 0 aromatic carbocycles. The fourth-order valence-electron chi connectivity index (χ4n) is 1.44. The molecule has 0 bridgehead atoms. The van der Waals surface area contributed by atoms with Crippen LogP contribution >= 0.6 is 0 Å². The lowest BCUT2D eigenvalue weighted by Crippen LogP contribution is -2.58. The van der Waals surface area contributed by atoms with Gasteiger partial charge in [-0.15, -0.1) is 0 Å². The topological polar surface area (TPSA) is 90.5 Å². The molecule has 4 N–H and O–H groups in total. The van der Waals surface area contributed by atoms with E-state index in [-0.39, 0.29) is 30.5 Å². The molecule has 0 radical (unpaired) electrons. The maximum Gasteiger partial charge on any atom is 0.238 e. The van der Waals surface area contributed by atoms with E-state index in [2.05, 4.69) is 16.0 Å². The number of piperazine rings is 1. The van der Waals surface area contributed by atoms with E-state index < -0.39 is 0 Å². The molecule has 2 unspecified atom stereocenters. The van der Waals surface area contributed by atoms with E-state index in [0.717, 1.165) is 0 Å². The Labute approximate surface area is 94.8 Å². The predicted octanol–water partition coefficient (Wildman–Crippen LogP) is -1.65. The molecule has 1 rings (SSSR count). The Bertz CT molecular complexity index is 248. The van der Waals surface area contributed by atoms with Crippen molar-refractivity contribution in [1.29, 1.82) is 0 Å². The molecule has 1 aliphatic rings. The van der Waals surface area contributed by atoms with Crippen molar-refractivity contribution >= 4 is 11.8 Å². The standard InChI is InChI=1S/C10H19N3O3/c1-2-7(14)3-4-11-10(16)8-5-13-9(15)6-12-8/h7-8,12,14H,2-6H2,1H3,(H,11,16)(H,13,15). The minimum absolute atomic E-state index is 0.0922. The molecule has 0 aromatic heterocycles. The van der Waals surface area contributed by atoms with Gasteiger partial charge in [0, 0.05) is 13.1 Å². The van der Waals surface area contributed by atoms with Crippen molar-refractivity contribution in [3.05, 3.63) is 0 Å². The van der Waals surface area contributed by atoms with Crippen LogP contribution in [0.3, 0.4) is 0 Å². The number of carbonyl (C=O) groups excluding carboxylic acids is 2. The van der Waals surface area contributed by atoms with Crippen LogP contribution in [0.2, 0.25) is 0 Å². The van der Waals surface area contributed by atoms with Crippen LogP contribution in [0.25, 0.3) is 0 Å². The third-order valence-electron chi connectivity index (χ3n) is 2.58. The first kappa shape index (κ1) is 12.9. The molecule has 0 spiro atoms. The molecular formula is C10H19N3O3. The number of hydrogen-bond donors (Lipinski definition) is 4. The Morgan fingerprint density at radius 2 is 2.44 bits per heavy atom. The number of aliphatic hydroxyl groups is 1. The van der Waals surface area contributed by atoms with Gasteiger partial charge in [-0.25, -0.2) is 0 Å². The minimum Gasteiger partial charge on any atom is -0.393 e. The number of amides is 2. The van der Waals surface area contributed by atoms with Gasteiger partial charge in [0.2, 0.25) is 11.8 Å². The second-order valence-electron chi connectivity index (χ2n) is 3.88. The van der Waals surface area contributed by atoms with Crippen LogP contribution in [0, 0.1) is 0 Å². The fraction of sp³-hybridized carbons (Fsp3) is 0.800. The number of aliphatic hydroxyl groups excluding tert-OH is 1. The number of rotatable bonds is 5. The Kier molecular flexibility index (Phi) is 5.21. The molecule has 1 fully saturated rings. The summed E-state index contributed by atoms with van der Waals surface area (Å²) < 4.78 is 0. The first-order valence-corrected chi connectivity index (χ1v) is 5.59. The summed E-state index contributed by atoms with van der Waals surface area (Å²) in [5.41, 5.74) is 0. The normalized spacial score (nSPS) is 22.4. The molecule has 0 aliphatic carbocycles. The lowest BCUT2D eigenvalue weighted by Gasteiger charge is -2.23. The van der Waals surface area contributed by atoms with Crippen LogP contribution in [-0.2, 0) is 9.59 Å². The Hall–Kier alpha value is -1.14. The quantitative estimate of drug-likeness (QED) is 0.455. The van der Waals surface area contributed by atoms with Gasteiger partial charge in [-0.2, -0.15) is 0 Å². The van der Waals surface area contributed by atoms with Gasteiger partial charge in [-0.3, -0.25) is 14.9 Å². The maximum absolute atomic E-state index is 11.6. The van der Waals surface area contributed by atoms with Crippen molar-refractivity contribution in [2.75, 3.05) is 19.6 Å². The van der Waals surface area contributed by atoms with Gasteiger partial charge in [0.1, 0.15) is 6.04 Å². The summed E-state index contributed by atoms with van der Waals surface area (Å²) in [7, 11) is 0. The van der Waals surface area contributed by atoms with Crippen molar-refractivity contribution in [2.24, 2.45) is 0 Å². The number of carbonyl (C=O) groups is 2. The second kappa shape index (κ2) is 6.44.